The van der Waals surface area contributed by atoms with Gasteiger partial charge in [0.2, 0.25) is 17.8 Å². The summed E-state index contributed by atoms with van der Waals surface area (Å²) in [6, 6.07) is 2.39. The van der Waals surface area contributed by atoms with Crippen LogP contribution < -0.4 is 16.4 Å². The van der Waals surface area contributed by atoms with E-state index >= 15 is 0 Å². The van der Waals surface area contributed by atoms with Crippen LogP contribution in [0, 0.1) is 17.6 Å². The number of nitrogens with zero attached hydrogens (tertiary/aromatic N) is 5. The molecule has 1 aliphatic heterocycles. The van der Waals surface area contributed by atoms with Crippen molar-refractivity contribution in [3.05, 3.63) is 35.0 Å². The van der Waals surface area contributed by atoms with E-state index in [0.29, 0.717) is 55.9 Å². The second-order valence-corrected chi connectivity index (χ2v) is 10.3. The number of carbonyl (C=O) groups is 2. The van der Waals surface area contributed by atoms with Crippen LogP contribution in [0.5, 0.6) is 0 Å². The number of anilines is 3. The first-order valence-corrected chi connectivity index (χ1v) is 13.2. The maximum absolute atomic E-state index is 14.7. The van der Waals surface area contributed by atoms with Gasteiger partial charge in [0.15, 0.2) is 17.3 Å². The molecule has 2 aliphatic rings. The van der Waals surface area contributed by atoms with Crippen molar-refractivity contribution in [2.45, 2.75) is 50.6 Å². The number of rotatable bonds is 6. The molecule has 1 saturated heterocycles. The van der Waals surface area contributed by atoms with Crippen LogP contribution in [0.3, 0.4) is 0 Å². The third kappa shape index (κ3) is 5.54. The summed E-state index contributed by atoms with van der Waals surface area (Å²) in [5.41, 5.74) is 6.34. The first-order valence-electron chi connectivity index (χ1n) is 12.8. The lowest BCUT2D eigenvalue weighted by Gasteiger charge is -2.32. The van der Waals surface area contributed by atoms with Gasteiger partial charge in [-0.2, -0.15) is 4.98 Å². The van der Waals surface area contributed by atoms with Crippen molar-refractivity contribution in [2.75, 3.05) is 30.8 Å². The van der Waals surface area contributed by atoms with Gasteiger partial charge in [-0.1, -0.05) is 11.6 Å². The minimum absolute atomic E-state index is 0.0820. The largest absolute Gasteiger partial charge is 0.453 e. The molecule has 0 spiro atoms. The molecular formula is C25H29ClF2N8O3. The van der Waals surface area contributed by atoms with E-state index in [0.717, 1.165) is 12.8 Å². The smallest absolute Gasteiger partial charge is 0.409 e. The predicted octanol–water partition coefficient (Wildman–Crippen LogP) is 4.36. The number of fused-ring (bicyclic) bond motifs is 1. The van der Waals surface area contributed by atoms with Crippen molar-refractivity contribution in [3.63, 3.8) is 0 Å². The Hall–Kier alpha value is -3.74. The van der Waals surface area contributed by atoms with Gasteiger partial charge in [-0.05, 0) is 50.7 Å². The number of primary amides is 1. The Morgan fingerprint density at radius 2 is 1.90 bits per heavy atom. The SMILES string of the molecule is COC(=O)N1CCC[C@@H](Nc2ncc3nc(Nc4ccc(Cl)c(F)c4F)n([C@H]4CC[C@H](C(N)=O)CC4)c3n2)C1. The van der Waals surface area contributed by atoms with Crippen molar-refractivity contribution >= 4 is 52.3 Å². The number of benzene rings is 1. The molecule has 14 heteroatoms. The minimum Gasteiger partial charge on any atom is -0.453 e. The molecule has 1 aromatic carbocycles. The van der Waals surface area contributed by atoms with Crippen LogP contribution in [0.2, 0.25) is 5.02 Å². The Bertz CT molecular complexity index is 1400. The van der Waals surface area contributed by atoms with Crippen LogP contribution in [0.4, 0.5) is 31.2 Å². The fourth-order valence-electron chi connectivity index (χ4n) is 5.33. The molecule has 1 aliphatic carbocycles. The Balaban J connectivity index is 1.48. The highest BCUT2D eigenvalue weighted by Gasteiger charge is 2.30. The molecule has 39 heavy (non-hydrogen) atoms. The van der Waals surface area contributed by atoms with Crippen LogP contribution in [-0.4, -0.2) is 62.7 Å². The number of amides is 2. The van der Waals surface area contributed by atoms with Crippen molar-refractivity contribution < 1.29 is 23.1 Å². The Morgan fingerprint density at radius 1 is 1.13 bits per heavy atom. The van der Waals surface area contributed by atoms with Gasteiger partial charge >= 0.3 is 6.09 Å². The topological polar surface area (TPSA) is 140 Å². The second kappa shape index (κ2) is 11.2. The number of aromatic nitrogens is 4. The van der Waals surface area contributed by atoms with E-state index in [4.69, 9.17) is 27.1 Å². The predicted molar refractivity (Wildman–Crippen MR) is 141 cm³/mol. The lowest BCUT2D eigenvalue weighted by Crippen LogP contribution is -2.45. The number of imidazole rings is 1. The molecule has 2 amide bonds. The van der Waals surface area contributed by atoms with Gasteiger partial charge in [0.1, 0.15) is 5.52 Å². The first kappa shape index (κ1) is 26.9. The van der Waals surface area contributed by atoms with Crippen molar-refractivity contribution in [2.24, 2.45) is 11.7 Å². The van der Waals surface area contributed by atoms with E-state index in [1.54, 1.807) is 11.1 Å². The molecule has 0 unspecified atom stereocenters. The number of hydrogen-bond acceptors (Lipinski definition) is 8. The molecule has 3 aromatic rings. The summed E-state index contributed by atoms with van der Waals surface area (Å²) in [4.78, 5) is 39.0. The summed E-state index contributed by atoms with van der Waals surface area (Å²) in [5, 5.41) is 5.87. The van der Waals surface area contributed by atoms with E-state index in [-0.39, 0.29) is 46.7 Å². The van der Waals surface area contributed by atoms with Gasteiger partial charge in [0.05, 0.1) is 24.0 Å². The van der Waals surface area contributed by atoms with Crippen LogP contribution in [0.15, 0.2) is 18.3 Å². The maximum Gasteiger partial charge on any atom is 0.409 e. The quantitative estimate of drug-likeness (QED) is 0.376. The monoisotopic (exact) mass is 562 g/mol. The molecule has 4 N–H and O–H groups in total. The Kier molecular flexibility index (Phi) is 7.69. The number of nitrogens with two attached hydrogens (primary N) is 1. The van der Waals surface area contributed by atoms with Crippen molar-refractivity contribution in [3.8, 4) is 0 Å². The highest BCUT2D eigenvalue weighted by molar-refractivity contribution is 6.30. The zero-order valence-electron chi connectivity index (χ0n) is 21.3. The summed E-state index contributed by atoms with van der Waals surface area (Å²) in [5.74, 6) is -2.23. The second-order valence-electron chi connectivity index (χ2n) is 9.86. The highest BCUT2D eigenvalue weighted by Crippen LogP contribution is 2.37. The number of hydrogen-bond donors (Lipinski definition) is 3. The number of likely N-dealkylation sites (tertiary alicyclic amines) is 1. The van der Waals surface area contributed by atoms with Crippen LogP contribution in [-0.2, 0) is 9.53 Å². The lowest BCUT2D eigenvalue weighted by atomic mass is 9.85. The van der Waals surface area contributed by atoms with Gasteiger partial charge in [-0.15, -0.1) is 0 Å². The fourth-order valence-corrected chi connectivity index (χ4v) is 5.47. The summed E-state index contributed by atoms with van der Waals surface area (Å²) in [7, 11) is 1.35. The number of piperidine rings is 1. The van der Waals surface area contributed by atoms with Crippen LogP contribution in [0.25, 0.3) is 11.2 Å². The molecule has 1 atom stereocenters. The van der Waals surface area contributed by atoms with E-state index in [1.807, 2.05) is 4.57 Å². The summed E-state index contributed by atoms with van der Waals surface area (Å²) < 4.78 is 35.5. The summed E-state index contributed by atoms with van der Waals surface area (Å²) >= 11 is 5.72. The van der Waals surface area contributed by atoms with Gasteiger partial charge in [-0.3, -0.25) is 9.36 Å². The van der Waals surface area contributed by atoms with Crippen LogP contribution in [0.1, 0.15) is 44.6 Å². The molecule has 2 fully saturated rings. The zero-order valence-corrected chi connectivity index (χ0v) is 22.0. The molecule has 2 aromatic heterocycles. The number of methoxy groups -OCH3 is 1. The molecule has 208 valence electrons. The number of carbonyl (C=O) groups excluding carboxylic acids is 2. The fraction of sp³-hybridized carbons (Fsp3) is 0.480. The molecule has 0 bridgehead atoms. The standard InChI is InChI=1S/C25H29ClF2N8O3/c1-39-25(38)35-10-2-3-14(12-35)31-23-30-11-18-22(34-23)36(15-6-4-13(5-7-15)21(29)37)24(33-18)32-17-9-8-16(26)19(27)20(17)28/h8-9,11,13-15H,2-7,10,12H2,1H3,(H2,29,37)(H,32,33)(H,30,31,34)/t13-,14-,15-/m1/s1. The molecular weight excluding hydrogens is 534 g/mol. The number of ether oxygens (including phenoxy) is 1. The molecule has 3 heterocycles. The van der Waals surface area contributed by atoms with Crippen molar-refractivity contribution in [1.29, 1.82) is 0 Å². The summed E-state index contributed by atoms with van der Waals surface area (Å²) in [6.07, 6.45) is 5.20. The summed E-state index contributed by atoms with van der Waals surface area (Å²) in [6.45, 7) is 1.06. The van der Waals surface area contributed by atoms with Crippen molar-refractivity contribution in [1.82, 2.24) is 24.4 Å². The van der Waals surface area contributed by atoms with Gasteiger partial charge in [0.25, 0.3) is 0 Å². The number of nitrogens with one attached hydrogen (secondary N) is 2. The third-order valence-electron chi connectivity index (χ3n) is 7.37. The van der Waals surface area contributed by atoms with Gasteiger partial charge in [-0.25, -0.2) is 23.5 Å². The van der Waals surface area contributed by atoms with Gasteiger partial charge in [0, 0.05) is 31.1 Å². The Morgan fingerprint density at radius 3 is 2.62 bits per heavy atom. The highest BCUT2D eigenvalue weighted by atomic mass is 35.5. The Labute approximate surface area is 228 Å². The molecule has 11 nitrogen and oxygen atoms in total. The maximum atomic E-state index is 14.7. The van der Waals surface area contributed by atoms with E-state index in [9.17, 15) is 18.4 Å². The molecule has 0 radical (unpaired) electrons. The van der Waals surface area contributed by atoms with Gasteiger partial charge < -0.3 is 26.0 Å². The molecule has 5 rings (SSSR count). The minimum atomic E-state index is -1.16. The zero-order chi connectivity index (χ0) is 27.7. The lowest BCUT2D eigenvalue weighted by molar-refractivity contribution is -0.122. The van der Waals surface area contributed by atoms with E-state index in [2.05, 4.69) is 20.6 Å². The molecule has 1 saturated carbocycles. The third-order valence-corrected chi connectivity index (χ3v) is 7.66. The van der Waals surface area contributed by atoms with Crippen LogP contribution >= 0.6 is 11.6 Å². The van der Waals surface area contributed by atoms with E-state index < -0.39 is 11.6 Å². The average Bonchev–Trinajstić information content (AvgIpc) is 3.30. The average molecular weight is 563 g/mol. The van der Waals surface area contributed by atoms with E-state index in [1.165, 1.54) is 19.2 Å². The number of halogens is 3. The first-order chi connectivity index (χ1) is 18.7. The normalized spacial score (nSPS) is 21.5.